The highest BCUT2D eigenvalue weighted by Crippen LogP contribution is 2.25. The van der Waals surface area contributed by atoms with Gasteiger partial charge >= 0.3 is 12.1 Å². The summed E-state index contributed by atoms with van der Waals surface area (Å²) in [6.07, 6.45) is -2.55. The highest BCUT2D eigenvalue weighted by Gasteiger charge is 2.40. The molecule has 0 aliphatic rings. The van der Waals surface area contributed by atoms with Crippen molar-refractivity contribution in [1.29, 1.82) is 0 Å². The molecule has 1 rings (SSSR count). The van der Waals surface area contributed by atoms with Crippen LogP contribution in [0.4, 0.5) is 13.2 Å². The van der Waals surface area contributed by atoms with Gasteiger partial charge in [-0.25, -0.2) is 4.79 Å². The van der Waals surface area contributed by atoms with E-state index in [1.54, 1.807) is 12.1 Å². The molecule has 0 saturated heterocycles. The summed E-state index contributed by atoms with van der Waals surface area (Å²) in [5.41, 5.74) is -0.0163. The molecule has 0 spiro atoms. The van der Waals surface area contributed by atoms with Gasteiger partial charge in [0.1, 0.15) is 5.54 Å². The fourth-order valence-electron chi connectivity index (χ4n) is 2.07. The van der Waals surface area contributed by atoms with Gasteiger partial charge in [0.15, 0.2) is 0 Å². The van der Waals surface area contributed by atoms with Crippen LogP contribution >= 0.6 is 0 Å². The van der Waals surface area contributed by atoms with Gasteiger partial charge in [0, 0.05) is 0 Å². The number of aryl methyl sites for hydroxylation is 1. The van der Waals surface area contributed by atoms with E-state index in [1.807, 2.05) is 19.1 Å². The number of carbonyl (C=O) groups is 1. The van der Waals surface area contributed by atoms with Crippen molar-refractivity contribution in [3.63, 3.8) is 0 Å². The topological polar surface area (TPSA) is 38.3 Å². The van der Waals surface area contributed by atoms with Crippen LogP contribution in [-0.2, 0) is 21.5 Å². The smallest absolute Gasteiger partial charge is 0.401 e. The first-order valence-corrected chi connectivity index (χ1v) is 6.72. The van der Waals surface area contributed by atoms with Gasteiger partial charge in [-0.3, -0.25) is 5.32 Å². The van der Waals surface area contributed by atoms with E-state index in [9.17, 15) is 18.0 Å². The van der Waals surface area contributed by atoms with Gasteiger partial charge in [0.2, 0.25) is 0 Å². The Labute approximate surface area is 122 Å². The zero-order valence-electron chi connectivity index (χ0n) is 12.4. The van der Waals surface area contributed by atoms with Gasteiger partial charge in [-0.05, 0) is 24.5 Å². The number of benzene rings is 1. The van der Waals surface area contributed by atoms with E-state index in [2.05, 4.69) is 10.1 Å². The van der Waals surface area contributed by atoms with Crippen molar-refractivity contribution in [3.05, 3.63) is 35.4 Å². The zero-order valence-corrected chi connectivity index (χ0v) is 12.4. The summed E-state index contributed by atoms with van der Waals surface area (Å²) in [7, 11) is 1.15. The molecule has 21 heavy (non-hydrogen) atoms. The van der Waals surface area contributed by atoms with Crippen LogP contribution in [0.3, 0.4) is 0 Å². The molecule has 0 amide bonds. The molecule has 1 N–H and O–H groups in total. The maximum Gasteiger partial charge on any atom is 0.401 e. The number of nitrogens with one attached hydrogen (secondary N) is 1. The molecule has 0 bridgehead atoms. The second-order valence-corrected chi connectivity index (χ2v) is 5.03. The molecule has 1 atom stereocenters. The molecule has 0 radical (unpaired) electrons. The minimum atomic E-state index is -4.41. The summed E-state index contributed by atoms with van der Waals surface area (Å²) in [4.78, 5) is 11.9. The van der Waals surface area contributed by atoms with Crippen LogP contribution in [0.2, 0.25) is 0 Å². The molecule has 0 aliphatic carbocycles. The first-order valence-electron chi connectivity index (χ1n) is 6.72. The van der Waals surface area contributed by atoms with Gasteiger partial charge in [-0.1, -0.05) is 37.6 Å². The number of hydrogen-bond donors (Lipinski definition) is 1. The van der Waals surface area contributed by atoms with E-state index < -0.39 is 24.2 Å². The summed E-state index contributed by atoms with van der Waals surface area (Å²) < 4.78 is 41.9. The highest BCUT2D eigenvalue weighted by atomic mass is 19.4. The van der Waals surface area contributed by atoms with Crippen molar-refractivity contribution in [1.82, 2.24) is 5.32 Å². The van der Waals surface area contributed by atoms with Crippen molar-refractivity contribution in [2.24, 2.45) is 0 Å². The Kier molecular flexibility index (Phi) is 5.78. The van der Waals surface area contributed by atoms with E-state index in [0.29, 0.717) is 5.56 Å². The summed E-state index contributed by atoms with van der Waals surface area (Å²) in [5.74, 6) is -0.755. The van der Waals surface area contributed by atoms with Crippen LogP contribution in [0.1, 0.15) is 31.4 Å². The van der Waals surface area contributed by atoms with Crippen LogP contribution in [0, 0.1) is 0 Å². The third kappa shape index (κ3) is 4.74. The van der Waals surface area contributed by atoms with Crippen molar-refractivity contribution in [2.75, 3.05) is 13.7 Å². The molecule has 1 aromatic rings. The molecule has 118 valence electrons. The van der Waals surface area contributed by atoms with Crippen LogP contribution in [-0.4, -0.2) is 25.8 Å². The molecule has 1 unspecified atom stereocenters. The molecule has 6 heteroatoms. The monoisotopic (exact) mass is 303 g/mol. The lowest BCUT2D eigenvalue weighted by Crippen LogP contribution is -2.50. The lowest BCUT2D eigenvalue weighted by molar-refractivity contribution is -0.153. The first-order chi connectivity index (χ1) is 9.73. The third-order valence-electron chi connectivity index (χ3n) is 3.31. The van der Waals surface area contributed by atoms with E-state index in [1.165, 1.54) is 6.92 Å². The van der Waals surface area contributed by atoms with E-state index >= 15 is 0 Å². The Balaban J connectivity index is 3.03. The normalized spacial score (nSPS) is 14.6. The Morgan fingerprint density at radius 1 is 1.24 bits per heavy atom. The Morgan fingerprint density at radius 3 is 2.24 bits per heavy atom. The average molecular weight is 303 g/mol. The predicted octanol–water partition coefficient (Wildman–Crippen LogP) is 3.18. The number of alkyl halides is 3. The van der Waals surface area contributed by atoms with Crippen LogP contribution in [0.25, 0.3) is 0 Å². The first kappa shape index (κ1) is 17.5. The van der Waals surface area contributed by atoms with Crippen LogP contribution in [0.5, 0.6) is 0 Å². The quantitative estimate of drug-likeness (QED) is 0.820. The minimum absolute atomic E-state index is 0.443. The molecule has 3 nitrogen and oxygen atoms in total. The van der Waals surface area contributed by atoms with E-state index in [-0.39, 0.29) is 0 Å². The Hall–Kier alpha value is -1.56. The van der Waals surface area contributed by atoms with Gasteiger partial charge in [-0.2, -0.15) is 13.2 Å². The van der Waals surface area contributed by atoms with Crippen molar-refractivity contribution < 1.29 is 22.7 Å². The fourth-order valence-corrected chi connectivity index (χ4v) is 2.07. The third-order valence-corrected chi connectivity index (χ3v) is 3.31. The zero-order chi connectivity index (χ0) is 16.1. The maximum absolute atomic E-state index is 12.4. The number of methoxy groups -OCH3 is 1. The summed E-state index contributed by atoms with van der Waals surface area (Å²) >= 11 is 0. The highest BCUT2D eigenvalue weighted by molar-refractivity contribution is 5.82. The van der Waals surface area contributed by atoms with Gasteiger partial charge in [-0.15, -0.1) is 0 Å². The number of rotatable bonds is 6. The van der Waals surface area contributed by atoms with E-state index in [4.69, 9.17) is 0 Å². The predicted molar refractivity (Wildman–Crippen MR) is 73.9 cm³/mol. The van der Waals surface area contributed by atoms with Crippen molar-refractivity contribution in [2.45, 2.75) is 38.4 Å². The summed E-state index contributed by atoms with van der Waals surface area (Å²) in [6, 6.07) is 6.95. The number of ether oxygens (including phenoxy) is 1. The van der Waals surface area contributed by atoms with Gasteiger partial charge < -0.3 is 4.74 Å². The Morgan fingerprint density at radius 2 is 1.81 bits per heavy atom. The maximum atomic E-state index is 12.4. The number of hydrogen-bond acceptors (Lipinski definition) is 3. The van der Waals surface area contributed by atoms with Crippen LogP contribution in [0.15, 0.2) is 24.3 Å². The molecular weight excluding hydrogens is 283 g/mol. The summed E-state index contributed by atoms with van der Waals surface area (Å²) in [6.45, 7) is 2.16. The molecule has 1 aromatic carbocycles. The molecule has 0 aliphatic heterocycles. The lowest BCUT2D eigenvalue weighted by Gasteiger charge is -2.29. The molecule has 0 aromatic heterocycles. The molecule has 0 fully saturated rings. The van der Waals surface area contributed by atoms with Crippen molar-refractivity contribution in [3.8, 4) is 0 Å². The second-order valence-electron chi connectivity index (χ2n) is 5.03. The SMILES string of the molecule is CCCc1ccc(C(C)(NCC(F)(F)F)C(=O)OC)cc1. The number of carbonyl (C=O) groups excluding carboxylic acids is 1. The molecule has 0 saturated carbocycles. The summed E-state index contributed by atoms with van der Waals surface area (Å²) in [5, 5.41) is 2.25. The minimum Gasteiger partial charge on any atom is -0.467 e. The second kappa shape index (κ2) is 6.93. The molecular formula is C15H20F3NO2. The van der Waals surface area contributed by atoms with Gasteiger partial charge in [0.05, 0.1) is 13.7 Å². The number of esters is 1. The standard InChI is InChI=1S/C15H20F3NO2/c1-4-5-11-6-8-12(9-7-11)14(2,13(20)21-3)19-10-15(16,17)18/h6-9,19H,4-5,10H2,1-3H3. The van der Waals surface area contributed by atoms with Crippen molar-refractivity contribution >= 4 is 5.97 Å². The lowest BCUT2D eigenvalue weighted by atomic mass is 9.90. The van der Waals surface area contributed by atoms with E-state index in [0.717, 1.165) is 25.5 Å². The van der Waals surface area contributed by atoms with Gasteiger partial charge in [0.25, 0.3) is 0 Å². The fraction of sp³-hybridized carbons (Fsp3) is 0.533. The molecule has 0 heterocycles. The average Bonchev–Trinajstić information content (AvgIpc) is 2.44. The number of halogens is 3. The van der Waals surface area contributed by atoms with Crippen LogP contribution < -0.4 is 5.32 Å². The Bertz CT molecular complexity index is 471. The largest absolute Gasteiger partial charge is 0.467 e.